The van der Waals surface area contributed by atoms with E-state index in [0.717, 1.165) is 75.8 Å². The Bertz CT molecular complexity index is 5460. The van der Waals surface area contributed by atoms with E-state index in [4.69, 9.17) is 4.42 Å². The highest BCUT2D eigenvalue weighted by molar-refractivity contribution is 6.10. The fraction of sp³-hybridized carbons (Fsp3) is 0.220. The summed E-state index contributed by atoms with van der Waals surface area (Å²) < 4.78 is 6.62. The Labute approximate surface area is 609 Å². The van der Waals surface area contributed by atoms with Crippen LogP contribution in [0.5, 0.6) is 0 Å². The fourth-order valence-corrected chi connectivity index (χ4v) is 19.5. The number of hydrogen-bond acceptors (Lipinski definition) is 3. The SMILES string of the molecule is CCCCC1(CCCC)c2cc(C)ccc2-c2ccc(N(c3ccc(-c4ccc(N(c5ccc(-c6cccc7c6oc6ccccc67)cc5)c5ccc6c(c5)-c5ccccc5C65c6ccccc6-c6ccccc65)cc4)c(C)c3)c3ccc4c(c3)C(CCCC)(CCCC)c3cc(C)ccc3-4)cc21. The lowest BCUT2D eigenvalue weighted by Crippen LogP contribution is -2.26. The first-order valence-electron chi connectivity index (χ1n) is 38.4. The van der Waals surface area contributed by atoms with Crippen LogP contribution in [0.1, 0.15) is 166 Å². The van der Waals surface area contributed by atoms with Crippen molar-refractivity contribution in [3.63, 3.8) is 0 Å². The standard InChI is InChI=1S/C100H90N2O/c1-8-12-55-98(56-13-9-2)92-59-65(5)35-49-81(92)83-52-46-74(63-94(83)98)102(75-47-53-84-82-50-36-66(6)60-93(82)99(57-14-10-3,58-15-11-4)95(84)64-75)72-45-51-76(67(7)61-72)68-37-41-70(42-38-68)101(71-43-39-69(40-44-71)77-29-24-30-86-85-28-19-23-34-96(85)103-97(77)86)73-48-54-91-87(62-73)80-27-18-22-33-90(80)100(91)88-31-20-16-25-78(88)79-26-17-21-32-89(79)100/h16-54,59-64H,8-15,55-58H2,1-7H3. The van der Waals surface area contributed by atoms with Gasteiger partial charge >= 0.3 is 0 Å². The Hall–Kier alpha value is -10.7. The van der Waals surface area contributed by atoms with Crippen molar-refractivity contribution in [2.75, 3.05) is 9.80 Å². The molecule has 4 aliphatic carbocycles. The van der Waals surface area contributed by atoms with E-state index in [0.29, 0.717) is 0 Å². The van der Waals surface area contributed by atoms with Crippen LogP contribution in [0.25, 0.3) is 88.7 Å². The molecule has 1 spiro atoms. The molecule has 0 aliphatic heterocycles. The maximum Gasteiger partial charge on any atom is 0.143 e. The van der Waals surface area contributed by atoms with E-state index < -0.39 is 5.41 Å². The molecule has 0 N–H and O–H groups in total. The van der Waals surface area contributed by atoms with Gasteiger partial charge in [0.1, 0.15) is 11.2 Å². The summed E-state index contributed by atoms with van der Waals surface area (Å²) in [7, 11) is 0. The lowest BCUT2D eigenvalue weighted by Gasteiger charge is -2.35. The first-order valence-corrected chi connectivity index (χ1v) is 38.4. The summed E-state index contributed by atoms with van der Waals surface area (Å²) in [6, 6.07) is 105. The van der Waals surface area contributed by atoms with Gasteiger partial charge in [0.15, 0.2) is 0 Å². The van der Waals surface area contributed by atoms with E-state index in [1.165, 1.54) is 185 Å². The highest BCUT2D eigenvalue weighted by Crippen LogP contribution is 2.64. The second-order valence-electron chi connectivity index (χ2n) is 30.3. The van der Waals surface area contributed by atoms with Gasteiger partial charge < -0.3 is 14.2 Å². The molecule has 0 saturated carbocycles. The van der Waals surface area contributed by atoms with Gasteiger partial charge in [0, 0.05) is 61.3 Å². The molecule has 0 fully saturated rings. The van der Waals surface area contributed by atoms with E-state index in [9.17, 15) is 0 Å². The van der Waals surface area contributed by atoms with E-state index in [1.807, 2.05) is 0 Å². The molecule has 18 rings (SSSR count). The molecule has 0 radical (unpaired) electrons. The van der Waals surface area contributed by atoms with Crippen LogP contribution in [0.15, 0.2) is 277 Å². The van der Waals surface area contributed by atoms with Gasteiger partial charge in [-0.1, -0.05) is 284 Å². The highest BCUT2D eigenvalue weighted by atomic mass is 16.3. The maximum atomic E-state index is 6.62. The summed E-state index contributed by atoms with van der Waals surface area (Å²) in [4.78, 5) is 5.08. The average Bonchev–Trinajstić information content (AvgIpc) is 1.51. The van der Waals surface area contributed by atoms with Crippen LogP contribution in [0.2, 0.25) is 0 Å². The predicted molar refractivity (Wildman–Crippen MR) is 435 cm³/mol. The fourth-order valence-electron chi connectivity index (χ4n) is 19.5. The van der Waals surface area contributed by atoms with Crippen molar-refractivity contribution in [3.8, 4) is 66.8 Å². The summed E-state index contributed by atoms with van der Waals surface area (Å²) in [5, 5.41) is 2.26. The molecule has 3 heteroatoms. The molecule has 4 aliphatic rings. The van der Waals surface area contributed by atoms with Crippen molar-refractivity contribution in [1.29, 1.82) is 0 Å². The Morgan fingerprint density at radius 3 is 1.14 bits per heavy atom. The second-order valence-corrected chi connectivity index (χ2v) is 30.3. The van der Waals surface area contributed by atoms with Gasteiger partial charge in [-0.05, 0) is 237 Å². The summed E-state index contributed by atoms with van der Waals surface area (Å²) >= 11 is 0. The topological polar surface area (TPSA) is 19.6 Å². The van der Waals surface area contributed by atoms with Gasteiger partial charge in [-0.2, -0.15) is 0 Å². The van der Waals surface area contributed by atoms with E-state index in [-0.39, 0.29) is 10.8 Å². The van der Waals surface area contributed by atoms with Crippen molar-refractivity contribution >= 4 is 56.1 Å². The van der Waals surface area contributed by atoms with Gasteiger partial charge in [0.25, 0.3) is 0 Å². The molecule has 0 unspecified atom stereocenters. The van der Waals surface area contributed by atoms with Crippen molar-refractivity contribution in [2.24, 2.45) is 0 Å². The number of nitrogens with zero attached hydrogens (tertiary/aromatic N) is 2. The van der Waals surface area contributed by atoms with Gasteiger partial charge in [0.05, 0.1) is 5.41 Å². The molecule has 3 nitrogen and oxygen atoms in total. The number of rotatable bonds is 20. The van der Waals surface area contributed by atoms with Crippen LogP contribution >= 0.6 is 0 Å². The van der Waals surface area contributed by atoms with Crippen LogP contribution in [0.3, 0.4) is 0 Å². The number of anilines is 6. The lowest BCUT2D eigenvalue weighted by atomic mass is 9.70. The van der Waals surface area contributed by atoms with Crippen LogP contribution < -0.4 is 9.80 Å². The molecule has 0 amide bonds. The molecule has 1 heterocycles. The molecular formula is C100H90N2O. The summed E-state index contributed by atoms with van der Waals surface area (Å²) in [6.07, 6.45) is 14.1. The third-order valence-electron chi connectivity index (χ3n) is 24.3. The van der Waals surface area contributed by atoms with Crippen LogP contribution in [-0.4, -0.2) is 0 Å². The number of hydrogen-bond donors (Lipinski definition) is 0. The van der Waals surface area contributed by atoms with Gasteiger partial charge in [-0.3, -0.25) is 0 Å². The normalized spacial score (nSPS) is 14.1. The summed E-state index contributed by atoms with van der Waals surface area (Å²) in [6.45, 7) is 16.4. The highest BCUT2D eigenvalue weighted by Gasteiger charge is 2.52. The first kappa shape index (κ1) is 64.4. The quantitative estimate of drug-likeness (QED) is 0.0758. The number of fused-ring (bicyclic) bond motifs is 19. The van der Waals surface area contributed by atoms with E-state index in [1.54, 1.807) is 0 Å². The zero-order valence-electron chi connectivity index (χ0n) is 60.8. The zero-order chi connectivity index (χ0) is 69.7. The summed E-state index contributed by atoms with van der Waals surface area (Å²) in [5.41, 5.74) is 38.9. The number of aryl methyl sites for hydroxylation is 3. The minimum Gasteiger partial charge on any atom is -0.455 e. The molecule has 1 aromatic heterocycles. The van der Waals surface area contributed by atoms with Crippen LogP contribution in [0.4, 0.5) is 34.1 Å². The third kappa shape index (κ3) is 10.0. The molecule has 103 heavy (non-hydrogen) atoms. The molecule has 14 aromatic rings. The van der Waals surface area contributed by atoms with Crippen molar-refractivity contribution in [3.05, 3.63) is 334 Å². The van der Waals surface area contributed by atoms with Gasteiger partial charge in [-0.25, -0.2) is 0 Å². The van der Waals surface area contributed by atoms with Crippen molar-refractivity contribution in [2.45, 2.75) is 142 Å². The minimum atomic E-state index is -0.434. The molecule has 0 saturated heterocycles. The molecule has 0 bridgehead atoms. The Morgan fingerprint density at radius 2 is 0.631 bits per heavy atom. The number of benzene rings is 13. The molecular weight excluding hydrogens is 1250 g/mol. The minimum absolute atomic E-state index is 0.0578. The second kappa shape index (κ2) is 25.6. The maximum absolute atomic E-state index is 6.62. The zero-order valence-corrected chi connectivity index (χ0v) is 60.8. The molecule has 13 aromatic carbocycles. The Balaban J connectivity index is 0.766. The largest absolute Gasteiger partial charge is 0.455 e. The molecule has 0 atom stereocenters. The molecule has 506 valence electrons. The number of para-hydroxylation sites is 2. The predicted octanol–water partition coefficient (Wildman–Crippen LogP) is 28.4. The van der Waals surface area contributed by atoms with E-state index in [2.05, 4.69) is 331 Å². The smallest absolute Gasteiger partial charge is 0.143 e. The van der Waals surface area contributed by atoms with E-state index >= 15 is 0 Å². The monoisotopic (exact) mass is 1330 g/mol. The van der Waals surface area contributed by atoms with Crippen molar-refractivity contribution in [1.82, 2.24) is 0 Å². The third-order valence-corrected chi connectivity index (χ3v) is 24.3. The van der Waals surface area contributed by atoms with Crippen LogP contribution in [0, 0.1) is 20.8 Å². The number of unbranched alkanes of at least 4 members (excludes halogenated alkanes) is 4. The van der Waals surface area contributed by atoms with Crippen molar-refractivity contribution < 1.29 is 4.42 Å². The van der Waals surface area contributed by atoms with Gasteiger partial charge in [0.2, 0.25) is 0 Å². The Kier molecular flexibility index (Phi) is 16.0. The summed E-state index contributed by atoms with van der Waals surface area (Å²) in [5.74, 6) is 0. The Morgan fingerprint density at radius 1 is 0.272 bits per heavy atom. The number of furan rings is 1. The average molecular weight is 1340 g/mol. The first-order chi connectivity index (χ1) is 50.6. The van der Waals surface area contributed by atoms with Gasteiger partial charge in [-0.15, -0.1) is 0 Å². The van der Waals surface area contributed by atoms with Crippen LogP contribution in [-0.2, 0) is 16.2 Å². The lowest BCUT2D eigenvalue weighted by molar-refractivity contribution is 0.414.